The summed E-state index contributed by atoms with van der Waals surface area (Å²) in [6.45, 7) is 1.99. The molecule has 3 aromatic rings. The van der Waals surface area contributed by atoms with E-state index in [4.69, 9.17) is 11.6 Å². The average molecular weight is 393 g/mol. The molecule has 0 radical (unpaired) electrons. The van der Waals surface area contributed by atoms with E-state index in [0.717, 1.165) is 16.8 Å². The van der Waals surface area contributed by atoms with Crippen molar-refractivity contribution in [2.24, 2.45) is 0 Å². The van der Waals surface area contributed by atoms with Gasteiger partial charge in [-0.25, -0.2) is 0 Å². The molecule has 3 rings (SSSR count). The molecule has 0 spiro atoms. The Hall–Kier alpha value is -3.11. The van der Waals surface area contributed by atoms with Crippen molar-refractivity contribution in [3.8, 4) is 0 Å². The zero-order valence-corrected chi connectivity index (χ0v) is 16.2. The summed E-state index contributed by atoms with van der Waals surface area (Å²) < 4.78 is 0. The Kier molecular flexibility index (Phi) is 6.45. The van der Waals surface area contributed by atoms with Gasteiger partial charge in [0.15, 0.2) is 0 Å². The minimum Gasteiger partial charge on any atom is -0.345 e. The molecule has 3 aromatic carbocycles. The summed E-state index contributed by atoms with van der Waals surface area (Å²) in [4.78, 5) is 25.3. The first kappa shape index (κ1) is 19.6. The van der Waals surface area contributed by atoms with Gasteiger partial charge in [-0.3, -0.25) is 9.59 Å². The van der Waals surface area contributed by atoms with Gasteiger partial charge in [0.2, 0.25) is 5.91 Å². The first-order chi connectivity index (χ1) is 13.5. The highest BCUT2D eigenvalue weighted by molar-refractivity contribution is 6.33. The maximum absolute atomic E-state index is 12.7. The van der Waals surface area contributed by atoms with E-state index in [1.165, 1.54) is 0 Å². The molecular formula is C23H21ClN2O2. The van der Waals surface area contributed by atoms with Crippen LogP contribution in [0.2, 0.25) is 5.02 Å². The fourth-order valence-electron chi connectivity index (χ4n) is 2.85. The van der Waals surface area contributed by atoms with E-state index in [1.54, 1.807) is 24.3 Å². The van der Waals surface area contributed by atoms with Gasteiger partial charge in [0.25, 0.3) is 5.91 Å². The molecule has 142 valence electrons. The monoisotopic (exact) mass is 392 g/mol. The van der Waals surface area contributed by atoms with Crippen LogP contribution in [-0.4, -0.2) is 11.8 Å². The number of carbonyl (C=O) groups excluding carboxylic acids is 2. The van der Waals surface area contributed by atoms with Crippen LogP contribution in [0.3, 0.4) is 0 Å². The zero-order chi connectivity index (χ0) is 19.9. The second-order valence-electron chi connectivity index (χ2n) is 6.53. The number of halogens is 1. The Morgan fingerprint density at radius 1 is 0.893 bits per heavy atom. The van der Waals surface area contributed by atoms with Gasteiger partial charge in [-0.05, 0) is 36.8 Å². The number of nitrogens with one attached hydrogen (secondary N) is 2. The summed E-state index contributed by atoms with van der Waals surface area (Å²) in [5.41, 5.74) is 3.07. The first-order valence-electron chi connectivity index (χ1n) is 9.00. The van der Waals surface area contributed by atoms with Crippen LogP contribution in [-0.2, 0) is 4.79 Å². The van der Waals surface area contributed by atoms with Crippen molar-refractivity contribution in [1.82, 2.24) is 5.32 Å². The lowest BCUT2D eigenvalue weighted by atomic mass is 10.0. The van der Waals surface area contributed by atoms with E-state index in [-0.39, 0.29) is 18.2 Å². The van der Waals surface area contributed by atoms with Gasteiger partial charge in [0, 0.05) is 5.69 Å². The molecule has 0 saturated carbocycles. The number of carbonyl (C=O) groups is 2. The molecule has 2 amide bonds. The average Bonchev–Trinajstić information content (AvgIpc) is 2.70. The molecule has 28 heavy (non-hydrogen) atoms. The molecular weight excluding hydrogens is 372 g/mol. The van der Waals surface area contributed by atoms with Crippen LogP contribution in [0.5, 0.6) is 0 Å². The van der Waals surface area contributed by atoms with Crippen molar-refractivity contribution in [2.45, 2.75) is 19.4 Å². The van der Waals surface area contributed by atoms with Crippen molar-refractivity contribution >= 4 is 29.1 Å². The van der Waals surface area contributed by atoms with Gasteiger partial charge < -0.3 is 10.6 Å². The van der Waals surface area contributed by atoms with Gasteiger partial charge >= 0.3 is 0 Å². The lowest BCUT2D eigenvalue weighted by molar-refractivity contribution is -0.116. The molecule has 0 aromatic heterocycles. The molecule has 0 unspecified atom stereocenters. The predicted octanol–water partition coefficient (Wildman–Crippen LogP) is 5.15. The number of amides is 2. The third kappa shape index (κ3) is 5.21. The van der Waals surface area contributed by atoms with E-state index in [2.05, 4.69) is 10.6 Å². The van der Waals surface area contributed by atoms with Crippen LogP contribution in [0.1, 0.15) is 33.9 Å². The molecule has 0 aliphatic rings. The van der Waals surface area contributed by atoms with Crippen molar-refractivity contribution in [1.29, 1.82) is 0 Å². The third-order valence-electron chi connectivity index (χ3n) is 4.35. The number of anilines is 1. The highest BCUT2D eigenvalue weighted by atomic mass is 35.5. The normalized spacial score (nSPS) is 11.5. The van der Waals surface area contributed by atoms with E-state index >= 15 is 0 Å². The van der Waals surface area contributed by atoms with Crippen molar-refractivity contribution < 1.29 is 9.59 Å². The molecule has 2 N–H and O–H groups in total. The number of benzene rings is 3. The summed E-state index contributed by atoms with van der Waals surface area (Å²) in [7, 11) is 0. The SMILES string of the molecule is Cc1ccc(NC(=O)C[C@@H](NC(=O)c2ccccc2Cl)c2ccccc2)cc1. The van der Waals surface area contributed by atoms with Crippen LogP contribution in [0.4, 0.5) is 5.69 Å². The predicted molar refractivity (Wildman–Crippen MR) is 113 cm³/mol. The highest BCUT2D eigenvalue weighted by Gasteiger charge is 2.20. The summed E-state index contributed by atoms with van der Waals surface area (Å²) in [5.74, 6) is -0.500. The molecule has 0 bridgehead atoms. The Balaban J connectivity index is 1.76. The Morgan fingerprint density at radius 2 is 1.54 bits per heavy atom. The maximum Gasteiger partial charge on any atom is 0.253 e. The number of rotatable bonds is 6. The third-order valence-corrected chi connectivity index (χ3v) is 4.68. The fourth-order valence-corrected chi connectivity index (χ4v) is 3.07. The highest BCUT2D eigenvalue weighted by Crippen LogP contribution is 2.21. The fraction of sp³-hybridized carbons (Fsp3) is 0.130. The van der Waals surface area contributed by atoms with Gasteiger partial charge in [0.05, 0.1) is 23.0 Å². The molecule has 0 fully saturated rings. The van der Waals surface area contributed by atoms with E-state index < -0.39 is 6.04 Å². The van der Waals surface area contributed by atoms with Crippen LogP contribution in [0, 0.1) is 6.92 Å². The quantitative estimate of drug-likeness (QED) is 0.609. The second-order valence-corrected chi connectivity index (χ2v) is 6.94. The summed E-state index contributed by atoms with van der Waals surface area (Å²) in [6.07, 6.45) is 0.105. The minimum absolute atomic E-state index is 0.105. The molecule has 0 aliphatic carbocycles. The standard InChI is InChI=1S/C23H21ClN2O2/c1-16-11-13-18(14-12-16)25-22(27)15-21(17-7-3-2-4-8-17)26-23(28)19-9-5-6-10-20(19)24/h2-14,21H,15H2,1H3,(H,25,27)(H,26,28)/t21-/m1/s1. The molecule has 0 saturated heterocycles. The van der Waals surface area contributed by atoms with E-state index in [1.807, 2.05) is 61.5 Å². The summed E-state index contributed by atoms with van der Waals surface area (Å²) >= 11 is 6.13. The second kappa shape index (κ2) is 9.20. The van der Waals surface area contributed by atoms with Gasteiger partial charge in [0.1, 0.15) is 0 Å². The molecule has 0 aliphatic heterocycles. The Labute approximate surface area is 169 Å². The van der Waals surface area contributed by atoms with Crippen LogP contribution in [0.25, 0.3) is 0 Å². The topological polar surface area (TPSA) is 58.2 Å². The van der Waals surface area contributed by atoms with Crippen molar-refractivity contribution in [3.63, 3.8) is 0 Å². The largest absolute Gasteiger partial charge is 0.345 e. The van der Waals surface area contributed by atoms with Crippen molar-refractivity contribution in [3.05, 3.63) is 101 Å². The molecule has 1 atom stereocenters. The van der Waals surface area contributed by atoms with E-state index in [0.29, 0.717) is 10.6 Å². The minimum atomic E-state index is -0.476. The lowest BCUT2D eigenvalue weighted by Crippen LogP contribution is -2.31. The Bertz CT molecular complexity index is 956. The van der Waals surface area contributed by atoms with Gasteiger partial charge in [-0.1, -0.05) is 71.8 Å². The van der Waals surface area contributed by atoms with Crippen LogP contribution < -0.4 is 10.6 Å². The van der Waals surface area contributed by atoms with E-state index in [9.17, 15) is 9.59 Å². The van der Waals surface area contributed by atoms with Crippen molar-refractivity contribution in [2.75, 3.05) is 5.32 Å². The lowest BCUT2D eigenvalue weighted by Gasteiger charge is -2.19. The van der Waals surface area contributed by atoms with Crippen LogP contribution >= 0.6 is 11.6 Å². The first-order valence-corrected chi connectivity index (χ1v) is 9.37. The Morgan fingerprint density at radius 3 is 2.21 bits per heavy atom. The maximum atomic E-state index is 12.7. The van der Waals surface area contributed by atoms with Gasteiger partial charge in [-0.2, -0.15) is 0 Å². The van der Waals surface area contributed by atoms with Gasteiger partial charge in [-0.15, -0.1) is 0 Å². The molecule has 5 heteroatoms. The molecule has 4 nitrogen and oxygen atoms in total. The van der Waals surface area contributed by atoms with Crippen LogP contribution in [0.15, 0.2) is 78.9 Å². The summed E-state index contributed by atoms with van der Waals surface area (Å²) in [5, 5.41) is 6.18. The number of hydrogen-bond acceptors (Lipinski definition) is 2. The smallest absolute Gasteiger partial charge is 0.253 e. The zero-order valence-electron chi connectivity index (χ0n) is 15.5. The summed E-state index contributed by atoms with van der Waals surface area (Å²) in [6, 6.07) is 23.4. The number of aryl methyl sites for hydroxylation is 1. The number of hydrogen-bond donors (Lipinski definition) is 2. The molecule has 0 heterocycles.